The van der Waals surface area contributed by atoms with E-state index in [-0.39, 0.29) is 5.69 Å². The molecule has 0 radical (unpaired) electrons. The third-order valence-electron chi connectivity index (χ3n) is 1.34. The van der Waals surface area contributed by atoms with Crippen LogP contribution in [0.1, 0.15) is 5.56 Å². The highest BCUT2D eigenvalue weighted by Crippen LogP contribution is 2.14. The summed E-state index contributed by atoms with van der Waals surface area (Å²) in [4.78, 5) is 9.94. The Morgan fingerprint density at radius 3 is 2.83 bits per heavy atom. The van der Waals surface area contributed by atoms with Gasteiger partial charge in [-0.3, -0.25) is 10.1 Å². The molecule has 12 heavy (non-hydrogen) atoms. The van der Waals surface area contributed by atoms with Crippen LogP contribution in [0.15, 0.2) is 28.3 Å². The Labute approximate surface area is 83.4 Å². The number of non-ortho nitro benzene ring substituents is 1. The molecular weight excluding hydrogens is 269 g/mol. The number of hydrogen-bond donors (Lipinski definition) is 0. The van der Waals surface area contributed by atoms with Crippen molar-refractivity contribution in [2.24, 2.45) is 0 Å². The monoisotopic (exact) mass is 275 g/mol. The Kier molecular flexibility index (Phi) is 3.21. The normalized spacial score (nSPS) is 10.4. The molecule has 0 aromatic heterocycles. The van der Waals surface area contributed by atoms with Gasteiger partial charge in [0, 0.05) is 12.1 Å². The lowest BCUT2D eigenvalue weighted by Crippen LogP contribution is -1.87. The lowest BCUT2D eigenvalue weighted by molar-refractivity contribution is -0.384. The van der Waals surface area contributed by atoms with Gasteiger partial charge in [-0.2, -0.15) is 0 Å². The molecule has 0 spiro atoms. The van der Waals surface area contributed by atoms with Gasteiger partial charge in [0.05, 0.1) is 4.92 Å². The first kappa shape index (κ1) is 9.18. The van der Waals surface area contributed by atoms with Crippen LogP contribution in [0.5, 0.6) is 0 Å². The predicted octanol–water partition coefficient (Wildman–Crippen LogP) is 3.00. The lowest BCUT2D eigenvalue weighted by Gasteiger charge is -1.92. The molecule has 1 rings (SSSR count). The van der Waals surface area contributed by atoms with E-state index in [1.54, 1.807) is 6.07 Å². The molecule has 0 aliphatic heterocycles. The zero-order valence-electron chi connectivity index (χ0n) is 6.11. The summed E-state index contributed by atoms with van der Waals surface area (Å²) >= 11 is 2.07. The molecule has 0 amide bonds. The van der Waals surface area contributed by atoms with Crippen molar-refractivity contribution in [1.29, 1.82) is 0 Å². The molecule has 0 aliphatic carbocycles. The second kappa shape index (κ2) is 4.20. The highest BCUT2D eigenvalue weighted by Gasteiger charge is 2.02. The summed E-state index contributed by atoms with van der Waals surface area (Å²) in [5.74, 6) is 0. The summed E-state index contributed by atoms with van der Waals surface area (Å²) in [5.41, 5.74) is 0.973. The van der Waals surface area contributed by atoms with E-state index in [1.807, 2.05) is 16.2 Å². The van der Waals surface area contributed by atoms with E-state index in [1.165, 1.54) is 12.1 Å². The second-order valence-corrected chi connectivity index (χ2v) is 2.86. The van der Waals surface area contributed by atoms with Crippen molar-refractivity contribution in [2.75, 3.05) is 0 Å². The van der Waals surface area contributed by atoms with Gasteiger partial charge in [-0.25, -0.2) is 0 Å². The zero-order valence-corrected chi connectivity index (χ0v) is 8.26. The van der Waals surface area contributed by atoms with Crippen LogP contribution in [-0.4, -0.2) is 4.92 Å². The number of halogens is 1. The largest absolute Gasteiger partial charge is 0.270 e. The van der Waals surface area contributed by atoms with E-state index in [0.29, 0.717) is 0 Å². The third-order valence-corrected chi connectivity index (χ3v) is 1.70. The van der Waals surface area contributed by atoms with Gasteiger partial charge in [0.1, 0.15) is 0 Å². The van der Waals surface area contributed by atoms with Crippen molar-refractivity contribution < 1.29 is 4.92 Å². The Morgan fingerprint density at radius 2 is 2.25 bits per heavy atom. The molecular formula is C8H6INO2. The van der Waals surface area contributed by atoms with Crippen LogP contribution in [-0.2, 0) is 0 Å². The average molecular weight is 275 g/mol. The minimum atomic E-state index is -0.398. The van der Waals surface area contributed by atoms with Crippen molar-refractivity contribution in [3.05, 3.63) is 44.0 Å². The lowest BCUT2D eigenvalue weighted by atomic mass is 10.2. The minimum Gasteiger partial charge on any atom is -0.258 e. The first-order chi connectivity index (χ1) is 5.74. The van der Waals surface area contributed by atoms with Crippen molar-refractivity contribution in [1.82, 2.24) is 0 Å². The molecule has 1 aromatic rings. The summed E-state index contributed by atoms with van der Waals surface area (Å²) in [6.45, 7) is 0. The SMILES string of the molecule is O=[N+]([O-])c1cccc(/C=C\I)c1. The maximum absolute atomic E-state index is 10.3. The van der Waals surface area contributed by atoms with E-state index in [2.05, 4.69) is 22.6 Å². The molecule has 0 bridgehead atoms. The number of hydrogen-bond acceptors (Lipinski definition) is 2. The molecule has 3 nitrogen and oxygen atoms in total. The van der Waals surface area contributed by atoms with E-state index >= 15 is 0 Å². The van der Waals surface area contributed by atoms with Crippen LogP contribution >= 0.6 is 22.6 Å². The fourth-order valence-electron chi connectivity index (χ4n) is 0.815. The van der Waals surface area contributed by atoms with Crippen molar-refractivity contribution in [3.8, 4) is 0 Å². The van der Waals surface area contributed by atoms with Crippen LogP contribution in [0, 0.1) is 10.1 Å². The highest BCUT2D eigenvalue weighted by atomic mass is 127. The Hall–Kier alpha value is -0.910. The van der Waals surface area contributed by atoms with Crippen molar-refractivity contribution in [3.63, 3.8) is 0 Å². The molecule has 0 saturated carbocycles. The second-order valence-electron chi connectivity index (χ2n) is 2.14. The average Bonchev–Trinajstić information content (AvgIpc) is 2.05. The molecule has 0 aliphatic rings. The van der Waals surface area contributed by atoms with Gasteiger partial charge in [0.2, 0.25) is 0 Å². The van der Waals surface area contributed by atoms with Crippen LogP contribution < -0.4 is 0 Å². The summed E-state index contributed by atoms with van der Waals surface area (Å²) < 4.78 is 1.82. The number of nitrogens with zero attached hydrogens (tertiary/aromatic N) is 1. The quantitative estimate of drug-likeness (QED) is 0.473. The molecule has 4 heteroatoms. The predicted molar refractivity (Wildman–Crippen MR) is 56.2 cm³/mol. The summed E-state index contributed by atoms with van der Waals surface area (Å²) in [6.07, 6.45) is 1.81. The summed E-state index contributed by atoms with van der Waals surface area (Å²) in [6, 6.07) is 6.51. The Balaban J connectivity index is 3.03. The van der Waals surface area contributed by atoms with Gasteiger partial charge in [-0.1, -0.05) is 34.7 Å². The van der Waals surface area contributed by atoms with Gasteiger partial charge in [-0.15, -0.1) is 0 Å². The Morgan fingerprint density at radius 1 is 1.50 bits per heavy atom. The van der Waals surface area contributed by atoms with Crippen molar-refractivity contribution >= 4 is 34.4 Å². The van der Waals surface area contributed by atoms with Crippen LogP contribution in [0.25, 0.3) is 6.08 Å². The zero-order chi connectivity index (χ0) is 8.97. The molecule has 0 fully saturated rings. The van der Waals surface area contributed by atoms with Gasteiger partial charge in [0.15, 0.2) is 0 Å². The molecule has 0 unspecified atom stereocenters. The number of nitro benzene ring substituents is 1. The van der Waals surface area contributed by atoms with E-state index in [4.69, 9.17) is 0 Å². The minimum absolute atomic E-state index is 0.127. The van der Waals surface area contributed by atoms with Crippen LogP contribution in [0.3, 0.4) is 0 Å². The topological polar surface area (TPSA) is 43.1 Å². The van der Waals surface area contributed by atoms with Gasteiger partial charge in [-0.05, 0) is 15.7 Å². The molecule has 0 N–H and O–H groups in total. The van der Waals surface area contributed by atoms with Gasteiger partial charge < -0.3 is 0 Å². The molecule has 62 valence electrons. The third kappa shape index (κ3) is 2.30. The number of rotatable bonds is 2. The molecule has 0 saturated heterocycles. The standard InChI is InChI=1S/C8H6INO2/c9-5-4-7-2-1-3-8(6-7)10(11)12/h1-6H/b5-4-. The fraction of sp³-hybridized carbons (Fsp3) is 0. The van der Waals surface area contributed by atoms with Crippen LogP contribution in [0.4, 0.5) is 5.69 Å². The Bertz CT molecular complexity index is 323. The van der Waals surface area contributed by atoms with Crippen molar-refractivity contribution in [2.45, 2.75) is 0 Å². The maximum atomic E-state index is 10.3. The van der Waals surface area contributed by atoms with Gasteiger partial charge >= 0.3 is 0 Å². The first-order valence-electron chi connectivity index (χ1n) is 3.25. The van der Waals surface area contributed by atoms with Gasteiger partial charge in [0.25, 0.3) is 5.69 Å². The summed E-state index contributed by atoms with van der Waals surface area (Å²) in [5, 5.41) is 10.3. The number of benzene rings is 1. The van der Waals surface area contributed by atoms with E-state index in [0.717, 1.165) is 5.56 Å². The molecule has 1 aromatic carbocycles. The summed E-state index contributed by atoms with van der Waals surface area (Å²) in [7, 11) is 0. The van der Waals surface area contributed by atoms with E-state index in [9.17, 15) is 10.1 Å². The molecule has 0 atom stereocenters. The van der Waals surface area contributed by atoms with E-state index < -0.39 is 4.92 Å². The van der Waals surface area contributed by atoms with Crippen LogP contribution in [0.2, 0.25) is 0 Å². The smallest absolute Gasteiger partial charge is 0.258 e. The number of nitro groups is 1. The maximum Gasteiger partial charge on any atom is 0.270 e. The first-order valence-corrected chi connectivity index (χ1v) is 4.50. The molecule has 0 heterocycles. The highest BCUT2D eigenvalue weighted by molar-refractivity contribution is 14.1. The fourth-order valence-corrected chi connectivity index (χ4v) is 1.23.